The van der Waals surface area contributed by atoms with Crippen LogP contribution in [0.2, 0.25) is 0 Å². The van der Waals surface area contributed by atoms with E-state index < -0.39 is 0 Å². The van der Waals surface area contributed by atoms with E-state index in [1.807, 2.05) is 55.5 Å². The Labute approximate surface area is 131 Å². The summed E-state index contributed by atoms with van der Waals surface area (Å²) in [5.74, 6) is 1.59. The number of aryl methyl sites for hydroxylation is 1. The fourth-order valence-electron chi connectivity index (χ4n) is 1.99. The zero-order valence-corrected chi connectivity index (χ0v) is 13.0. The molecular formula is C18H21NO3. The number of methoxy groups -OCH3 is 1. The van der Waals surface area contributed by atoms with Crippen molar-refractivity contribution in [2.45, 2.75) is 13.3 Å². The standard InChI is InChI=1S/C18H21NO3/c1-14-3-7-17(8-4-14)22-12-11-19-18(20)13-15-5-9-16(21-2)10-6-15/h3-10H,11-13H2,1-2H3,(H,19,20). The molecule has 0 radical (unpaired) electrons. The van der Waals surface area contributed by atoms with Crippen LogP contribution in [0, 0.1) is 6.92 Å². The van der Waals surface area contributed by atoms with Gasteiger partial charge in [-0.1, -0.05) is 29.8 Å². The van der Waals surface area contributed by atoms with Crippen LogP contribution in [-0.4, -0.2) is 26.2 Å². The first-order chi connectivity index (χ1) is 10.7. The maximum atomic E-state index is 11.8. The van der Waals surface area contributed by atoms with Crippen LogP contribution < -0.4 is 14.8 Å². The SMILES string of the molecule is COc1ccc(CC(=O)NCCOc2ccc(C)cc2)cc1. The van der Waals surface area contributed by atoms with Crippen LogP contribution in [0.3, 0.4) is 0 Å². The van der Waals surface area contributed by atoms with Crippen molar-refractivity contribution < 1.29 is 14.3 Å². The van der Waals surface area contributed by atoms with Gasteiger partial charge >= 0.3 is 0 Å². The molecule has 0 bridgehead atoms. The molecule has 4 heteroatoms. The Morgan fingerprint density at radius 1 is 1.00 bits per heavy atom. The quantitative estimate of drug-likeness (QED) is 0.800. The maximum Gasteiger partial charge on any atom is 0.224 e. The second-order valence-electron chi connectivity index (χ2n) is 5.04. The summed E-state index contributed by atoms with van der Waals surface area (Å²) in [5, 5.41) is 2.85. The summed E-state index contributed by atoms with van der Waals surface area (Å²) in [6, 6.07) is 15.3. The summed E-state index contributed by atoms with van der Waals surface area (Å²) in [6.45, 7) is 2.98. The third-order valence-electron chi connectivity index (χ3n) is 3.24. The Morgan fingerprint density at radius 3 is 2.27 bits per heavy atom. The van der Waals surface area contributed by atoms with Crippen LogP contribution in [0.25, 0.3) is 0 Å². The van der Waals surface area contributed by atoms with Gasteiger partial charge in [0.25, 0.3) is 0 Å². The third-order valence-corrected chi connectivity index (χ3v) is 3.24. The minimum absolute atomic E-state index is 0.0160. The molecule has 2 rings (SSSR count). The molecule has 0 heterocycles. The highest BCUT2D eigenvalue weighted by molar-refractivity contribution is 5.78. The Hall–Kier alpha value is -2.49. The van der Waals surface area contributed by atoms with Crippen LogP contribution in [0.5, 0.6) is 11.5 Å². The van der Waals surface area contributed by atoms with Crippen LogP contribution in [-0.2, 0) is 11.2 Å². The second-order valence-corrected chi connectivity index (χ2v) is 5.04. The smallest absolute Gasteiger partial charge is 0.224 e. The normalized spacial score (nSPS) is 10.1. The highest BCUT2D eigenvalue weighted by atomic mass is 16.5. The molecule has 0 unspecified atom stereocenters. The van der Waals surface area contributed by atoms with Crippen molar-refractivity contribution >= 4 is 5.91 Å². The summed E-state index contributed by atoms with van der Waals surface area (Å²) in [5.41, 5.74) is 2.15. The summed E-state index contributed by atoms with van der Waals surface area (Å²) in [4.78, 5) is 11.8. The topological polar surface area (TPSA) is 47.6 Å². The van der Waals surface area contributed by atoms with E-state index in [9.17, 15) is 4.79 Å². The molecule has 2 aromatic rings. The number of nitrogens with one attached hydrogen (secondary N) is 1. The molecule has 116 valence electrons. The average Bonchev–Trinajstić information content (AvgIpc) is 2.54. The van der Waals surface area contributed by atoms with Gasteiger partial charge in [0.05, 0.1) is 20.1 Å². The highest BCUT2D eigenvalue weighted by Crippen LogP contribution is 2.12. The Bertz CT molecular complexity index is 591. The molecule has 0 aliphatic rings. The number of hydrogen-bond acceptors (Lipinski definition) is 3. The van der Waals surface area contributed by atoms with Crippen molar-refractivity contribution in [1.29, 1.82) is 0 Å². The maximum absolute atomic E-state index is 11.8. The van der Waals surface area contributed by atoms with Crippen LogP contribution in [0.15, 0.2) is 48.5 Å². The fraction of sp³-hybridized carbons (Fsp3) is 0.278. The number of benzene rings is 2. The van der Waals surface area contributed by atoms with Crippen molar-refractivity contribution in [3.8, 4) is 11.5 Å². The van der Waals surface area contributed by atoms with E-state index in [0.717, 1.165) is 17.1 Å². The lowest BCUT2D eigenvalue weighted by Gasteiger charge is -2.08. The lowest BCUT2D eigenvalue weighted by Crippen LogP contribution is -2.29. The number of ether oxygens (including phenoxy) is 2. The van der Waals surface area contributed by atoms with Crippen molar-refractivity contribution in [2.75, 3.05) is 20.3 Å². The van der Waals surface area contributed by atoms with E-state index >= 15 is 0 Å². The highest BCUT2D eigenvalue weighted by Gasteiger charge is 2.03. The van der Waals surface area contributed by atoms with Crippen LogP contribution in [0.4, 0.5) is 0 Å². The molecular weight excluding hydrogens is 278 g/mol. The zero-order valence-electron chi connectivity index (χ0n) is 13.0. The molecule has 0 aliphatic heterocycles. The second kappa shape index (κ2) is 8.08. The van der Waals surface area contributed by atoms with E-state index in [1.165, 1.54) is 5.56 Å². The van der Waals surface area contributed by atoms with Gasteiger partial charge in [-0.3, -0.25) is 4.79 Å². The summed E-state index contributed by atoms with van der Waals surface area (Å²) < 4.78 is 10.6. The molecule has 0 spiro atoms. The minimum atomic E-state index is -0.0160. The first-order valence-electron chi connectivity index (χ1n) is 7.26. The zero-order chi connectivity index (χ0) is 15.8. The lowest BCUT2D eigenvalue weighted by molar-refractivity contribution is -0.120. The van der Waals surface area contributed by atoms with Crippen molar-refractivity contribution in [3.63, 3.8) is 0 Å². The third kappa shape index (κ3) is 5.13. The van der Waals surface area contributed by atoms with E-state index in [-0.39, 0.29) is 5.91 Å². The summed E-state index contributed by atoms with van der Waals surface area (Å²) in [6.07, 6.45) is 0.356. The van der Waals surface area contributed by atoms with E-state index in [2.05, 4.69) is 5.32 Å². The van der Waals surface area contributed by atoms with Gasteiger partial charge in [0.1, 0.15) is 18.1 Å². The predicted molar refractivity (Wildman–Crippen MR) is 86.4 cm³/mol. The molecule has 0 saturated carbocycles. The molecule has 1 N–H and O–H groups in total. The lowest BCUT2D eigenvalue weighted by atomic mass is 10.1. The number of rotatable bonds is 7. The number of amides is 1. The first kappa shape index (κ1) is 15.9. The van der Waals surface area contributed by atoms with Gasteiger partial charge in [-0.15, -0.1) is 0 Å². The number of carbonyl (C=O) groups excluding carboxylic acids is 1. The molecule has 2 aromatic carbocycles. The van der Waals surface area contributed by atoms with Gasteiger partial charge in [0.15, 0.2) is 0 Å². The predicted octanol–water partition coefficient (Wildman–Crippen LogP) is 2.74. The van der Waals surface area contributed by atoms with Crippen molar-refractivity contribution in [2.24, 2.45) is 0 Å². The van der Waals surface area contributed by atoms with Gasteiger partial charge in [-0.05, 0) is 36.8 Å². The number of carbonyl (C=O) groups is 1. The van der Waals surface area contributed by atoms with Crippen LogP contribution in [0.1, 0.15) is 11.1 Å². The van der Waals surface area contributed by atoms with Gasteiger partial charge < -0.3 is 14.8 Å². The first-order valence-corrected chi connectivity index (χ1v) is 7.26. The molecule has 1 amide bonds. The van der Waals surface area contributed by atoms with Gasteiger partial charge in [-0.25, -0.2) is 0 Å². The van der Waals surface area contributed by atoms with Crippen molar-refractivity contribution in [3.05, 3.63) is 59.7 Å². The van der Waals surface area contributed by atoms with E-state index in [1.54, 1.807) is 7.11 Å². The largest absolute Gasteiger partial charge is 0.497 e. The minimum Gasteiger partial charge on any atom is -0.497 e. The van der Waals surface area contributed by atoms with Gasteiger partial charge in [0, 0.05) is 0 Å². The Morgan fingerprint density at radius 2 is 1.64 bits per heavy atom. The van der Waals surface area contributed by atoms with E-state index in [0.29, 0.717) is 19.6 Å². The molecule has 4 nitrogen and oxygen atoms in total. The Kier molecular flexibility index (Phi) is 5.83. The summed E-state index contributed by atoms with van der Waals surface area (Å²) in [7, 11) is 1.62. The fourth-order valence-corrected chi connectivity index (χ4v) is 1.99. The average molecular weight is 299 g/mol. The van der Waals surface area contributed by atoms with Gasteiger partial charge in [-0.2, -0.15) is 0 Å². The molecule has 0 saturated heterocycles. The molecule has 0 aliphatic carbocycles. The molecule has 0 fully saturated rings. The van der Waals surface area contributed by atoms with E-state index in [4.69, 9.17) is 9.47 Å². The molecule has 22 heavy (non-hydrogen) atoms. The Balaban J connectivity index is 1.67. The van der Waals surface area contributed by atoms with Gasteiger partial charge in [0.2, 0.25) is 5.91 Å². The molecule has 0 aromatic heterocycles. The van der Waals surface area contributed by atoms with Crippen molar-refractivity contribution in [1.82, 2.24) is 5.32 Å². The van der Waals surface area contributed by atoms with Crippen LogP contribution >= 0.6 is 0 Å². The molecule has 0 atom stereocenters. The number of hydrogen-bond donors (Lipinski definition) is 1. The monoisotopic (exact) mass is 299 g/mol. The summed E-state index contributed by atoms with van der Waals surface area (Å²) >= 11 is 0.